The Bertz CT molecular complexity index is 1130. The molecule has 0 aliphatic heterocycles. The van der Waals surface area contributed by atoms with E-state index in [0.29, 0.717) is 16.7 Å². The van der Waals surface area contributed by atoms with Gasteiger partial charge in [-0.05, 0) is 29.2 Å². The Morgan fingerprint density at radius 2 is 1.67 bits per heavy atom. The zero-order valence-corrected chi connectivity index (χ0v) is 17.8. The summed E-state index contributed by atoms with van der Waals surface area (Å²) < 4.78 is 4.61. The van der Waals surface area contributed by atoms with Crippen LogP contribution in [0.2, 0.25) is 0 Å². The van der Waals surface area contributed by atoms with Crippen molar-refractivity contribution in [3.63, 3.8) is 0 Å². The number of esters is 1. The van der Waals surface area contributed by atoms with Crippen LogP contribution in [0.3, 0.4) is 0 Å². The van der Waals surface area contributed by atoms with Crippen molar-refractivity contribution in [3.05, 3.63) is 75.3 Å². The molecule has 0 bridgehead atoms. The maximum absolute atomic E-state index is 13.2. The van der Waals surface area contributed by atoms with Gasteiger partial charge in [0.1, 0.15) is 10.8 Å². The van der Waals surface area contributed by atoms with E-state index in [2.05, 4.69) is 4.74 Å². The molecule has 0 fully saturated rings. The Labute approximate surface area is 179 Å². The molecule has 30 heavy (non-hydrogen) atoms. The predicted molar refractivity (Wildman–Crippen MR) is 116 cm³/mol. The van der Waals surface area contributed by atoms with Gasteiger partial charge in [-0.15, -0.1) is 0 Å². The smallest absolute Gasteiger partial charge is 0.330 e. The summed E-state index contributed by atoms with van der Waals surface area (Å²) in [4.78, 5) is 37.5. The first-order valence-electron chi connectivity index (χ1n) is 9.28. The van der Waals surface area contributed by atoms with Crippen molar-refractivity contribution in [1.82, 2.24) is 0 Å². The van der Waals surface area contributed by atoms with Crippen LogP contribution in [-0.2, 0) is 14.9 Å². The Hall–Kier alpha value is -3.18. The third-order valence-corrected chi connectivity index (χ3v) is 5.26. The zero-order valence-electron chi connectivity index (χ0n) is 17.1. The first-order chi connectivity index (χ1) is 14.1. The van der Waals surface area contributed by atoms with Gasteiger partial charge in [0.2, 0.25) is 5.78 Å². The summed E-state index contributed by atoms with van der Waals surface area (Å²) in [5.41, 5.74) is 1.36. The van der Waals surface area contributed by atoms with E-state index in [9.17, 15) is 19.5 Å². The fourth-order valence-electron chi connectivity index (χ4n) is 3.33. The molecular formula is C24H21ClO5. The molecule has 0 amide bonds. The first-order valence-corrected chi connectivity index (χ1v) is 9.66. The number of rotatable bonds is 3. The van der Waals surface area contributed by atoms with Gasteiger partial charge >= 0.3 is 5.97 Å². The van der Waals surface area contributed by atoms with Crippen molar-refractivity contribution in [2.24, 2.45) is 0 Å². The van der Waals surface area contributed by atoms with Crippen LogP contribution in [0.1, 0.15) is 58.2 Å². The predicted octanol–water partition coefficient (Wildman–Crippen LogP) is 4.91. The van der Waals surface area contributed by atoms with Gasteiger partial charge in [-0.3, -0.25) is 9.59 Å². The minimum absolute atomic E-state index is 0.0295. The van der Waals surface area contributed by atoms with Gasteiger partial charge < -0.3 is 9.84 Å². The molecule has 0 heterocycles. The molecule has 2 aromatic carbocycles. The van der Waals surface area contributed by atoms with Gasteiger partial charge in [-0.25, -0.2) is 4.79 Å². The highest BCUT2D eigenvalue weighted by molar-refractivity contribution is 6.56. The van der Waals surface area contributed by atoms with Gasteiger partial charge in [0, 0.05) is 28.3 Å². The van der Waals surface area contributed by atoms with Gasteiger partial charge in [0.05, 0.1) is 12.7 Å². The summed E-state index contributed by atoms with van der Waals surface area (Å²) in [6.45, 7) is 5.70. The lowest BCUT2D eigenvalue weighted by atomic mass is 9.80. The van der Waals surface area contributed by atoms with E-state index >= 15 is 0 Å². The van der Waals surface area contributed by atoms with Crippen LogP contribution in [0.15, 0.2) is 47.5 Å². The minimum Gasteiger partial charge on any atom is -0.507 e. The molecule has 5 nitrogen and oxygen atoms in total. The number of carbonyl (C=O) groups is 3. The number of Topliss-reactive ketones (excluding diaryl/α,β-unsaturated/α-hetero) is 2. The normalized spacial score (nSPS) is 14.3. The standard InChI is InChI=1S/C24H21ClO5/c1-24(2,3)17-12-14(11-13(21(17)27)9-10-18(26)30-4)19-20(25)23(29)16-8-6-5-7-15(16)22(19)28/h5-12,27H,1-4H3/b10-9+. The van der Waals surface area contributed by atoms with Crippen LogP contribution in [0.5, 0.6) is 5.75 Å². The van der Waals surface area contributed by atoms with Crippen LogP contribution in [-0.4, -0.2) is 29.8 Å². The van der Waals surface area contributed by atoms with Crippen molar-refractivity contribution >= 4 is 40.8 Å². The molecule has 0 radical (unpaired) electrons. The Balaban J connectivity index is 2.27. The number of phenols is 1. The summed E-state index contributed by atoms with van der Waals surface area (Å²) in [6.07, 6.45) is 2.57. The molecule has 0 saturated heterocycles. The maximum Gasteiger partial charge on any atom is 0.330 e. The largest absolute Gasteiger partial charge is 0.507 e. The van der Waals surface area contributed by atoms with Crippen LogP contribution in [0, 0.1) is 0 Å². The van der Waals surface area contributed by atoms with E-state index in [-0.39, 0.29) is 33.3 Å². The monoisotopic (exact) mass is 424 g/mol. The number of fused-ring (bicyclic) bond motifs is 1. The average molecular weight is 425 g/mol. The highest BCUT2D eigenvalue weighted by Gasteiger charge is 2.33. The van der Waals surface area contributed by atoms with Crippen molar-refractivity contribution in [2.75, 3.05) is 7.11 Å². The molecular weight excluding hydrogens is 404 g/mol. The van der Waals surface area contributed by atoms with Gasteiger partial charge in [-0.1, -0.05) is 56.6 Å². The van der Waals surface area contributed by atoms with Crippen molar-refractivity contribution in [3.8, 4) is 5.75 Å². The highest BCUT2D eigenvalue weighted by atomic mass is 35.5. The Morgan fingerprint density at radius 3 is 2.23 bits per heavy atom. The van der Waals surface area contributed by atoms with Crippen LogP contribution < -0.4 is 0 Å². The second-order valence-corrected chi connectivity index (χ2v) is 8.34. The molecule has 0 aromatic heterocycles. The highest BCUT2D eigenvalue weighted by Crippen LogP contribution is 2.40. The minimum atomic E-state index is -0.591. The molecule has 1 aliphatic carbocycles. The number of benzene rings is 2. The van der Waals surface area contributed by atoms with E-state index in [1.54, 1.807) is 30.3 Å². The van der Waals surface area contributed by atoms with E-state index in [1.807, 2.05) is 20.8 Å². The average Bonchev–Trinajstić information content (AvgIpc) is 2.71. The zero-order chi connectivity index (χ0) is 22.2. The summed E-state index contributed by atoms with van der Waals surface area (Å²) in [6, 6.07) is 9.69. The quantitative estimate of drug-likeness (QED) is 0.559. The molecule has 0 unspecified atom stereocenters. The molecule has 3 rings (SSSR count). The van der Waals surface area contributed by atoms with Gasteiger partial charge in [-0.2, -0.15) is 0 Å². The number of allylic oxidation sites excluding steroid dienone is 2. The van der Waals surface area contributed by atoms with Crippen molar-refractivity contribution in [2.45, 2.75) is 26.2 Å². The van der Waals surface area contributed by atoms with Crippen LogP contribution >= 0.6 is 11.6 Å². The number of hydrogen-bond donors (Lipinski definition) is 1. The summed E-state index contributed by atoms with van der Waals surface area (Å²) in [5.74, 6) is -1.42. The van der Waals surface area contributed by atoms with Gasteiger partial charge in [0.25, 0.3) is 0 Å². The molecule has 0 atom stereocenters. The van der Waals surface area contributed by atoms with E-state index in [4.69, 9.17) is 11.6 Å². The molecule has 0 spiro atoms. The lowest BCUT2D eigenvalue weighted by molar-refractivity contribution is -0.134. The number of ketones is 2. The lowest BCUT2D eigenvalue weighted by Gasteiger charge is -2.24. The van der Waals surface area contributed by atoms with E-state index in [1.165, 1.54) is 25.3 Å². The molecule has 1 aliphatic rings. The number of halogens is 1. The fourth-order valence-corrected chi connectivity index (χ4v) is 3.63. The molecule has 2 aromatic rings. The number of aromatic hydroxyl groups is 1. The Kier molecular flexibility index (Phi) is 5.68. The second-order valence-electron chi connectivity index (χ2n) is 7.96. The van der Waals surface area contributed by atoms with Crippen molar-refractivity contribution < 1.29 is 24.2 Å². The topological polar surface area (TPSA) is 80.7 Å². The van der Waals surface area contributed by atoms with Crippen LogP contribution in [0.25, 0.3) is 11.6 Å². The number of carbonyl (C=O) groups excluding carboxylic acids is 3. The third kappa shape index (κ3) is 3.81. The molecule has 0 saturated carbocycles. The second kappa shape index (κ2) is 7.92. The summed E-state index contributed by atoms with van der Waals surface area (Å²) >= 11 is 6.35. The van der Waals surface area contributed by atoms with Gasteiger partial charge in [0.15, 0.2) is 5.78 Å². The summed E-state index contributed by atoms with van der Waals surface area (Å²) in [5, 5.41) is 10.6. The number of phenolic OH excluding ortho intramolecular Hbond substituents is 1. The number of hydrogen-bond acceptors (Lipinski definition) is 5. The Morgan fingerprint density at radius 1 is 1.07 bits per heavy atom. The lowest BCUT2D eigenvalue weighted by Crippen LogP contribution is -2.20. The van der Waals surface area contributed by atoms with Crippen molar-refractivity contribution in [1.29, 1.82) is 0 Å². The number of methoxy groups -OCH3 is 1. The molecule has 1 N–H and O–H groups in total. The molecule has 154 valence electrons. The summed E-state index contributed by atoms with van der Waals surface area (Å²) in [7, 11) is 1.25. The first kappa shape index (κ1) is 21.5. The van der Waals surface area contributed by atoms with E-state index < -0.39 is 17.2 Å². The van der Waals surface area contributed by atoms with Crippen LogP contribution in [0.4, 0.5) is 0 Å². The SMILES string of the molecule is COC(=O)/C=C/c1cc(C2=C(Cl)C(=O)c3ccccc3C2=O)cc(C(C)(C)C)c1O. The number of ether oxygens (including phenoxy) is 1. The molecule has 6 heteroatoms. The fraction of sp³-hybridized carbons (Fsp3) is 0.208. The third-order valence-electron chi connectivity index (χ3n) is 4.90. The van der Waals surface area contributed by atoms with E-state index in [0.717, 1.165) is 0 Å². The maximum atomic E-state index is 13.2.